The highest BCUT2D eigenvalue weighted by atomic mass is 31.2. The predicted octanol–water partition coefficient (Wildman–Crippen LogP) is 6.93. The molecule has 0 aliphatic rings. The third-order valence-electron chi connectivity index (χ3n) is 5.75. The van der Waals surface area contributed by atoms with Crippen molar-refractivity contribution in [2.45, 2.75) is 60.8 Å². The van der Waals surface area contributed by atoms with Gasteiger partial charge in [-0.3, -0.25) is 9.59 Å². The van der Waals surface area contributed by atoms with Crippen LogP contribution in [0.5, 0.6) is 11.5 Å². The van der Waals surface area contributed by atoms with Crippen LogP contribution in [-0.2, 0) is 9.98 Å². The molecule has 0 N–H and O–H groups in total. The van der Waals surface area contributed by atoms with Gasteiger partial charge in [0.1, 0.15) is 17.1 Å². The van der Waals surface area contributed by atoms with Crippen LogP contribution >= 0.6 is 7.14 Å². The van der Waals surface area contributed by atoms with Gasteiger partial charge in [0, 0.05) is 11.7 Å². The Bertz CT molecular complexity index is 1070. The summed E-state index contributed by atoms with van der Waals surface area (Å²) in [5, 5.41) is 0. The molecule has 2 aromatic carbocycles. The Morgan fingerprint density at radius 3 is 1.64 bits per heavy atom. The first-order valence-corrected chi connectivity index (χ1v) is 13.1. The topological polar surface area (TPSA) is 69.7 Å². The molecule has 0 amide bonds. The second-order valence-corrected chi connectivity index (χ2v) is 12.9. The van der Waals surface area contributed by atoms with Crippen LogP contribution in [0, 0.1) is 26.7 Å². The molecular formula is C27H37O5P. The third-order valence-corrected chi connectivity index (χ3v) is 8.76. The van der Waals surface area contributed by atoms with Gasteiger partial charge in [-0.25, -0.2) is 0 Å². The summed E-state index contributed by atoms with van der Waals surface area (Å²) in [6.45, 7) is 15.6. The summed E-state index contributed by atoms with van der Waals surface area (Å²) in [4.78, 5) is 27.8. The minimum absolute atomic E-state index is 0.0231. The highest BCUT2D eigenvalue weighted by molar-refractivity contribution is 7.95. The summed E-state index contributed by atoms with van der Waals surface area (Å²) in [5.41, 5.74) is 2.38. The van der Waals surface area contributed by atoms with E-state index in [2.05, 4.69) is 20.8 Å². The number of methoxy groups -OCH3 is 2. The Labute approximate surface area is 198 Å². The predicted molar refractivity (Wildman–Crippen MR) is 135 cm³/mol. The quantitative estimate of drug-likeness (QED) is 0.390. The van der Waals surface area contributed by atoms with E-state index in [0.29, 0.717) is 5.56 Å². The van der Waals surface area contributed by atoms with Crippen molar-refractivity contribution in [2.24, 2.45) is 5.92 Å². The highest BCUT2D eigenvalue weighted by Gasteiger charge is 2.44. The molecule has 0 bridgehead atoms. The van der Waals surface area contributed by atoms with Gasteiger partial charge >= 0.3 is 0 Å². The van der Waals surface area contributed by atoms with Gasteiger partial charge in [0.05, 0.1) is 14.2 Å². The van der Waals surface area contributed by atoms with Crippen LogP contribution in [0.4, 0.5) is 0 Å². The first kappa shape index (κ1) is 26.9. The van der Waals surface area contributed by atoms with E-state index >= 15 is 0 Å². The molecule has 0 heterocycles. The molecular weight excluding hydrogens is 435 g/mol. The number of carbonyl (C=O) groups is 2. The summed E-state index contributed by atoms with van der Waals surface area (Å²) < 4.78 is 25.3. The Kier molecular flexibility index (Phi) is 8.02. The van der Waals surface area contributed by atoms with Crippen molar-refractivity contribution in [3.8, 4) is 11.5 Å². The molecule has 1 atom stereocenters. The maximum Gasteiger partial charge on any atom is 0.236 e. The van der Waals surface area contributed by atoms with Crippen molar-refractivity contribution >= 4 is 18.2 Å². The summed E-state index contributed by atoms with van der Waals surface area (Å²) in [6, 6.07) is 7.29. The molecule has 0 saturated heterocycles. The molecule has 0 aromatic heterocycles. The zero-order valence-electron chi connectivity index (χ0n) is 21.6. The van der Waals surface area contributed by atoms with Crippen molar-refractivity contribution in [1.82, 2.24) is 0 Å². The molecule has 180 valence electrons. The van der Waals surface area contributed by atoms with Crippen LogP contribution in [0.1, 0.15) is 77.6 Å². The van der Waals surface area contributed by atoms with Crippen molar-refractivity contribution in [3.05, 3.63) is 57.6 Å². The molecule has 6 heteroatoms. The third kappa shape index (κ3) is 5.41. The second kappa shape index (κ2) is 9.85. The van der Waals surface area contributed by atoms with E-state index in [1.807, 2.05) is 46.8 Å². The monoisotopic (exact) mass is 472 g/mol. The van der Waals surface area contributed by atoms with Gasteiger partial charge in [-0.1, -0.05) is 46.8 Å². The van der Waals surface area contributed by atoms with Gasteiger partial charge < -0.3 is 14.0 Å². The van der Waals surface area contributed by atoms with Crippen molar-refractivity contribution in [1.29, 1.82) is 0 Å². The Morgan fingerprint density at radius 1 is 0.848 bits per heavy atom. The lowest BCUT2D eigenvalue weighted by molar-refractivity contribution is 0.103. The number of rotatable bonds is 8. The fourth-order valence-corrected chi connectivity index (χ4v) is 6.96. The lowest BCUT2D eigenvalue weighted by atomic mass is 9.84. The van der Waals surface area contributed by atoms with Gasteiger partial charge in [0.15, 0.2) is 0 Å². The fourth-order valence-electron chi connectivity index (χ4n) is 4.12. The minimum atomic E-state index is -4.04. The average molecular weight is 473 g/mol. The smallest absolute Gasteiger partial charge is 0.236 e. The zero-order valence-corrected chi connectivity index (χ0v) is 22.5. The molecule has 33 heavy (non-hydrogen) atoms. The van der Waals surface area contributed by atoms with Gasteiger partial charge in [-0.2, -0.15) is 0 Å². The lowest BCUT2D eigenvalue weighted by Crippen LogP contribution is -2.20. The summed E-state index contributed by atoms with van der Waals surface area (Å²) in [5.74, 6) is 0.385. The Balaban J connectivity index is 2.77. The molecule has 2 aromatic rings. The number of aryl methyl sites for hydroxylation is 3. The van der Waals surface area contributed by atoms with Crippen molar-refractivity contribution < 1.29 is 23.6 Å². The molecule has 0 saturated carbocycles. The fraction of sp³-hybridized carbons (Fsp3) is 0.481. The van der Waals surface area contributed by atoms with E-state index < -0.39 is 18.2 Å². The lowest BCUT2D eigenvalue weighted by Gasteiger charge is -2.25. The first-order valence-electron chi connectivity index (χ1n) is 11.2. The minimum Gasteiger partial charge on any atom is -0.496 e. The molecule has 1 unspecified atom stereocenters. The number of hydrogen-bond acceptors (Lipinski definition) is 5. The van der Waals surface area contributed by atoms with E-state index in [-0.39, 0.29) is 34.6 Å². The van der Waals surface area contributed by atoms with E-state index in [0.717, 1.165) is 22.3 Å². The molecule has 0 aliphatic carbocycles. The van der Waals surface area contributed by atoms with Crippen LogP contribution < -0.4 is 9.47 Å². The van der Waals surface area contributed by atoms with E-state index in [1.54, 1.807) is 12.1 Å². The SMILES string of the molecule is COc1cc(C)cc(OC)c1C(=O)P(=O)(CC(C)C)C(=O)c1c(C)cc(C(C)(C)C)cc1C. The molecule has 0 radical (unpaired) electrons. The Morgan fingerprint density at radius 2 is 1.27 bits per heavy atom. The first-order chi connectivity index (χ1) is 15.2. The highest BCUT2D eigenvalue weighted by Crippen LogP contribution is 2.56. The van der Waals surface area contributed by atoms with Crippen LogP contribution in [-0.4, -0.2) is 31.4 Å². The second-order valence-electron chi connectivity index (χ2n) is 10.2. The van der Waals surface area contributed by atoms with Gasteiger partial charge in [-0.05, 0) is 66.5 Å². The van der Waals surface area contributed by atoms with Crippen LogP contribution in [0.25, 0.3) is 0 Å². The van der Waals surface area contributed by atoms with Gasteiger partial charge in [0.25, 0.3) is 0 Å². The van der Waals surface area contributed by atoms with Crippen molar-refractivity contribution in [2.75, 3.05) is 20.4 Å². The summed E-state index contributed by atoms with van der Waals surface area (Å²) in [6.07, 6.45) is -0.0231. The normalized spacial score (nSPS) is 13.5. The van der Waals surface area contributed by atoms with E-state index in [9.17, 15) is 14.2 Å². The number of carbonyl (C=O) groups excluding carboxylic acids is 2. The van der Waals surface area contributed by atoms with Crippen molar-refractivity contribution in [3.63, 3.8) is 0 Å². The standard InChI is InChI=1S/C27H37O5P/c1-16(2)15-33(30,26(29)24-21(31-9)11-17(3)12-22(24)32-10)25(28)23-18(4)13-20(14-19(23)5)27(6,7)8/h11-14,16H,15H2,1-10H3. The van der Waals surface area contributed by atoms with Crippen LogP contribution in [0.2, 0.25) is 0 Å². The maximum atomic E-state index is 14.4. The summed E-state index contributed by atoms with van der Waals surface area (Å²) >= 11 is 0. The number of ether oxygens (including phenoxy) is 2. The molecule has 5 nitrogen and oxygen atoms in total. The van der Waals surface area contributed by atoms with E-state index in [4.69, 9.17) is 9.47 Å². The number of hydrogen-bond donors (Lipinski definition) is 0. The average Bonchev–Trinajstić information content (AvgIpc) is 2.70. The van der Waals surface area contributed by atoms with Gasteiger partial charge in [-0.15, -0.1) is 0 Å². The molecule has 2 rings (SSSR count). The molecule has 0 spiro atoms. The van der Waals surface area contributed by atoms with Gasteiger partial charge in [0.2, 0.25) is 18.2 Å². The largest absolute Gasteiger partial charge is 0.496 e. The Hall–Kier alpha value is -2.39. The van der Waals surface area contributed by atoms with E-state index in [1.165, 1.54) is 14.2 Å². The molecule has 0 fully saturated rings. The zero-order chi connectivity index (χ0) is 25.3. The van der Waals surface area contributed by atoms with Crippen LogP contribution in [0.15, 0.2) is 24.3 Å². The maximum absolute atomic E-state index is 14.4. The molecule has 0 aliphatic heterocycles. The summed E-state index contributed by atoms with van der Waals surface area (Å²) in [7, 11) is -1.16. The number of benzene rings is 2. The van der Waals surface area contributed by atoms with Crippen LogP contribution in [0.3, 0.4) is 0 Å².